The quantitative estimate of drug-likeness (QED) is 0.119. The van der Waals surface area contributed by atoms with Gasteiger partial charge in [-0.3, -0.25) is 0 Å². The highest BCUT2D eigenvalue weighted by molar-refractivity contribution is 9.10. The van der Waals surface area contributed by atoms with Crippen molar-refractivity contribution in [3.05, 3.63) is 269 Å². The van der Waals surface area contributed by atoms with Gasteiger partial charge in [-0.2, -0.15) is 0 Å². The molecule has 0 bridgehead atoms. The molecule has 0 saturated carbocycles. The van der Waals surface area contributed by atoms with Crippen LogP contribution in [-0.2, 0) is 0 Å². The number of ether oxygens (including phenoxy) is 2. The molecular formula is C67H65BrN4O2. The van der Waals surface area contributed by atoms with Crippen LogP contribution in [0.25, 0.3) is 22.3 Å². The highest BCUT2D eigenvalue weighted by Gasteiger charge is 2.14. The zero-order valence-electron chi connectivity index (χ0n) is 42.3. The van der Waals surface area contributed by atoms with Crippen LogP contribution in [0.4, 0.5) is 51.2 Å². The molecule has 0 aliphatic rings. The number of nitrogens with two attached hydrogens (primary N) is 1. The molecule has 0 saturated heterocycles. The summed E-state index contributed by atoms with van der Waals surface area (Å²) in [6, 6.07) is 84.4. The first-order chi connectivity index (χ1) is 35.5. The zero-order chi connectivity index (χ0) is 51.1. The summed E-state index contributed by atoms with van der Waals surface area (Å²) in [6.07, 6.45) is 0. The van der Waals surface area contributed by atoms with Gasteiger partial charge in [-0.05, 0) is 196 Å². The van der Waals surface area contributed by atoms with Crippen molar-refractivity contribution >= 4 is 67.1 Å². The summed E-state index contributed by atoms with van der Waals surface area (Å²) in [4.78, 5) is 4.59. The molecule has 7 heteroatoms. The van der Waals surface area contributed by atoms with E-state index in [9.17, 15) is 0 Å². The zero-order valence-corrected chi connectivity index (χ0v) is 43.8. The number of aryl methyl sites for hydroxylation is 4. The van der Waals surface area contributed by atoms with Crippen molar-refractivity contribution < 1.29 is 9.47 Å². The van der Waals surface area contributed by atoms with E-state index in [2.05, 4.69) is 253 Å². The second-order valence-corrected chi connectivity index (χ2v) is 18.7. The maximum Gasteiger partial charge on any atom is 0.119 e. The number of rotatable bonds is 12. The van der Waals surface area contributed by atoms with Crippen molar-refractivity contribution in [3.8, 4) is 33.8 Å². The fraction of sp³-hybridized carbons (Fsp3) is 0.104. The molecule has 0 atom stereocenters. The molecule has 10 aromatic rings. The Morgan fingerprint density at radius 2 is 0.554 bits per heavy atom. The first-order valence-electron chi connectivity index (χ1n) is 24.3. The van der Waals surface area contributed by atoms with E-state index in [4.69, 9.17) is 15.2 Å². The Morgan fingerprint density at radius 1 is 0.324 bits per heavy atom. The topological polar surface area (TPSA) is 63.0 Å². The van der Waals surface area contributed by atoms with E-state index in [0.29, 0.717) is 0 Å². The van der Waals surface area contributed by atoms with E-state index in [0.717, 1.165) is 67.2 Å². The minimum absolute atomic E-state index is 0. The molecule has 74 heavy (non-hydrogen) atoms. The summed E-state index contributed by atoms with van der Waals surface area (Å²) in [5, 5.41) is 3.44. The third kappa shape index (κ3) is 14.3. The summed E-state index contributed by atoms with van der Waals surface area (Å²) >= 11 is 3.50. The van der Waals surface area contributed by atoms with Gasteiger partial charge >= 0.3 is 0 Å². The van der Waals surface area contributed by atoms with Crippen LogP contribution in [0.1, 0.15) is 29.7 Å². The standard InChI is InChI=1S/C33H30N2O.C26H22BrN.C7H9NO.CH4/c1-24-4-16-30(17-5-24)35(31-18-6-25(2)7-19-31)32-20-10-27(11-21-32)26-8-12-28(13-9-26)34-29-14-22-33(36-3)23-15-29;1-19-3-13-24(14-4-19)28(25-15-5-20(2)6-16-25)26-17-9-22(10-18-26)21-7-11-23(27)12-8-21;1-9-7-4-2-6(8)3-5-7;/h4-23,34H,1-3H3;3-18H,1-2H3;2-5H,8H2,1H3;1H4. The van der Waals surface area contributed by atoms with Gasteiger partial charge in [0.2, 0.25) is 0 Å². The summed E-state index contributed by atoms with van der Waals surface area (Å²) in [7, 11) is 3.31. The Morgan fingerprint density at radius 3 is 0.838 bits per heavy atom. The summed E-state index contributed by atoms with van der Waals surface area (Å²) in [5.41, 5.74) is 25.0. The minimum atomic E-state index is 0. The highest BCUT2D eigenvalue weighted by atomic mass is 79.9. The molecule has 0 radical (unpaired) electrons. The average molecular weight is 1040 g/mol. The van der Waals surface area contributed by atoms with Gasteiger partial charge in [-0.1, -0.05) is 143 Å². The lowest BCUT2D eigenvalue weighted by Gasteiger charge is -2.26. The molecule has 10 rings (SSSR count). The van der Waals surface area contributed by atoms with Crippen LogP contribution in [0.5, 0.6) is 11.5 Å². The van der Waals surface area contributed by atoms with Crippen molar-refractivity contribution in [2.75, 3.05) is 35.1 Å². The second kappa shape index (κ2) is 25.7. The normalized spacial score (nSPS) is 10.3. The fourth-order valence-corrected chi connectivity index (χ4v) is 8.37. The largest absolute Gasteiger partial charge is 0.497 e. The van der Waals surface area contributed by atoms with E-state index in [-0.39, 0.29) is 7.43 Å². The first kappa shape index (κ1) is 53.3. The van der Waals surface area contributed by atoms with Crippen molar-refractivity contribution in [3.63, 3.8) is 0 Å². The number of hydrogen-bond acceptors (Lipinski definition) is 6. The summed E-state index contributed by atoms with van der Waals surface area (Å²) < 4.78 is 11.2. The van der Waals surface area contributed by atoms with Crippen LogP contribution in [0.15, 0.2) is 247 Å². The Hall–Kier alpha value is -8.52. The summed E-state index contributed by atoms with van der Waals surface area (Å²) in [6.45, 7) is 8.47. The van der Waals surface area contributed by atoms with E-state index in [1.54, 1.807) is 26.4 Å². The van der Waals surface area contributed by atoms with Gasteiger partial charge in [0.05, 0.1) is 14.2 Å². The number of nitrogen functional groups attached to an aromatic ring is 1. The van der Waals surface area contributed by atoms with Crippen LogP contribution in [0.3, 0.4) is 0 Å². The molecule has 0 aliphatic carbocycles. The first-order valence-corrected chi connectivity index (χ1v) is 25.1. The predicted octanol–water partition coefficient (Wildman–Crippen LogP) is 19.3. The number of hydrogen-bond donors (Lipinski definition) is 2. The molecule has 0 unspecified atom stereocenters. The molecule has 0 aromatic heterocycles. The lowest BCUT2D eigenvalue weighted by Crippen LogP contribution is -2.09. The Bertz CT molecular complexity index is 3160. The summed E-state index contributed by atoms with van der Waals surface area (Å²) in [5.74, 6) is 1.69. The lowest BCUT2D eigenvalue weighted by atomic mass is 10.0. The van der Waals surface area contributed by atoms with Gasteiger partial charge in [0.25, 0.3) is 0 Å². The molecular weight excluding hydrogens is 973 g/mol. The van der Waals surface area contributed by atoms with Crippen LogP contribution >= 0.6 is 15.9 Å². The minimum Gasteiger partial charge on any atom is -0.497 e. The van der Waals surface area contributed by atoms with Crippen molar-refractivity contribution in [1.82, 2.24) is 0 Å². The van der Waals surface area contributed by atoms with Gasteiger partial charge in [0.15, 0.2) is 0 Å². The number of methoxy groups -OCH3 is 2. The van der Waals surface area contributed by atoms with Crippen LogP contribution in [0.2, 0.25) is 0 Å². The Kier molecular flexibility index (Phi) is 18.5. The van der Waals surface area contributed by atoms with Gasteiger partial charge < -0.3 is 30.3 Å². The van der Waals surface area contributed by atoms with Crippen LogP contribution in [0, 0.1) is 27.7 Å². The second-order valence-electron chi connectivity index (χ2n) is 17.8. The highest BCUT2D eigenvalue weighted by Crippen LogP contribution is 2.38. The predicted molar refractivity (Wildman–Crippen MR) is 320 cm³/mol. The molecule has 0 fully saturated rings. The fourth-order valence-electron chi connectivity index (χ4n) is 8.11. The molecule has 0 spiro atoms. The number of anilines is 9. The maximum absolute atomic E-state index is 5.43. The Labute approximate surface area is 447 Å². The molecule has 0 amide bonds. The Balaban J connectivity index is 0.000000187. The lowest BCUT2D eigenvalue weighted by molar-refractivity contribution is 0.415. The average Bonchev–Trinajstić information content (AvgIpc) is 3.43. The number of nitrogens with one attached hydrogen (secondary N) is 1. The van der Waals surface area contributed by atoms with Gasteiger partial charge in [-0.15, -0.1) is 0 Å². The maximum atomic E-state index is 5.43. The van der Waals surface area contributed by atoms with Gasteiger partial charge in [0, 0.05) is 55.7 Å². The molecule has 3 N–H and O–H groups in total. The third-order valence-corrected chi connectivity index (χ3v) is 12.8. The van der Waals surface area contributed by atoms with Crippen LogP contribution < -0.4 is 30.3 Å². The SMILES string of the molecule is C.COc1ccc(N)cc1.COc1ccc(Nc2ccc(-c3ccc(N(c4ccc(C)cc4)c4ccc(C)cc4)cc3)cc2)cc1.Cc1ccc(N(c2ccc(C)cc2)c2ccc(-c3ccc(Br)cc3)cc2)cc1. The molecule has 0 aliphatic heterocycles. The molecule has 0 heterocycles. The molecule has 372 valence electrons. The van der Waals surface area contributed by atoms with E-state index in [1.807, 2.05) is 36.4 Å². The number of halogens is 1. The van der Waals surface area contributed by atoms with E-state index in [1.165, 1.54) is 44.5 Å². The number of nitrogens with zero attached hydrogens (tertiary/aromatic N) is 2. The van der Waals surface area contributed by atoms with E-state index >= 15 is 0 Å². The molecule has 10 aromatic carbocycles. The number of benzene rings is 10. The van der Waals surface area contributed by atoms with E-state index < -0.39 is 0 Å². The monoisotopic (exact) mass is 1040 g/mol. The third-order valence-electron chi connectivity index (χ3n) is 12.3. The van der Waals surface area contributed by atoms with Crippen molar-refractivity contribution in [2.45, 2.75) is 35.1 Å². The molecule has 6 nitrogen and oxygen atoms in total. The van der Waals surface area contributed by atoms with Crippen LogP contribution in [-0.4, -0.2) is 14.2 Å². The van der Waals surface area contributed by atoms with Crippen molar-refractivity contribution in [2.24, 2.45) is 0 Å². The van der Waals surface area contributed by atoms with Crippen molar-refractivity contribution in [1.29, 1.82) is 0 Å². The van der Waals surface area contributed by atoms with Gasteiger partial charge in [0.1, 0.15) is 11.5 Å². The smallest absolute Gasteiger partial charge is 0.119 e. The van der Waals surface area contributed by atoms with Gasteiger partial charge in [-0.25, -0.2) is 0 Å².